The predicted octanol–water partition coefficient (Wildman–Crippen LogP) is 1.74. The molecule has 0 saturated carbocycles. The molecule has 6 heteroatoms. The average Bonchev–Trinajstić information content (AvgIpc) is 2.88. The SMILES string of the molecule is CCC1CCN(S(=O)(=O)c2ccc(C(N)=S)cc2)C1. The summed E-state index contributed by atoms with van der Waals surface area (Å²) >= 11 is 4.86. The topological polar surface area (TPSA) is 63.4 Å². The molecule has 0 spiro atoms. The molecule has 2 rings (SSSR count). The minimum absolute atomic E-state index is 0.274. The van der Waals surface area contributed by atoms with Crippen LogP contribution in [0.2, 0.25) is 0 Å². The first-order valence-corrected chi connectivity index (χ1v) is 8.20. The third-order valence-electron chi connectivity index (χ3n) is 3.60. The molecular weight excluding hydrogens is 280 g/mol. The van der Waals surface area contributed by atoms with Gasteiger partial charge in [-0.2, -0.15) is 4.31 Å². The number of hydrogen-bond acceptors (Lipinski definition) is 3. The van der Waals surface area contributed by atoms with Crippen LogP contribution in [0.4, 0.5) is 0 Å². The molecule has 1 aromatic carbocycles. The number of sulfonamides is 1. The predicted molar refractivity (Wildman–Crippen MR) is 79.5 cm³/mol. The van der Waals surface area contributed by atoms with Gasteiger partial charge in [-0.1, -0.05) is 37.7 Å². The van der Waals surface area contributed by atoms with Crippen molar-refractivity contribution in [3.8, 4) is 0 Å². The van der Waals surface area contributed by atoms with Crippen LogP contribution < -0.4 is 5.73 Å². The van der Waals surface area contributed by atoms with Crippen LogP contribution in [0.3, 0.4) is 0 Å². The molecule has 1 aliphatic heterocycles. The number of nitrogens with two attached hydrogens (primary N) is 1. The van der Waals surface area contributed by atoms with Gasteiger partial charge in [0.2, 0.25) is 10.0 Å². The third kappa shape index (κ3) is 2.96. The number of thiocarbonyl (C=S) groups is 1. The zero-order chi connectivity index (χ0) is 14.0. The fourth-order valence-corrected chi connectivity index (χ4v) is 3.96. The summed E-state index contributed by atoms with van der Waals surface area (Å²) in [7, 11) is -3.37. The Bertz CT molecular complexity index is 567. The zero-order valence-electron chi connectivity index (χ0n) is 10.9. The van der Waals surface area contributed by atoms with Gasteiger partial charge < -0.3 is 5.73 Å². The van der Waals surface area contributed by atoms with Crippen molar-refractivity contribution < 1.29 is 8.42 Å². The Hall–Kier alpha value is -0.980. The monoisotopic (exact) mass is 298 g/mol. The van der Waals surface area contributed by atoms with Crippen LogP contribution in [-0.2, 0) is 10.0 Å². The second-order valence-corrected chi connectivity index (χ2v) is 7.19. The zero-order valence-corrected chi connectivity index (χ0v) is 12.5. The minimum atomic E-state index is -3.37. The van der Waals surface area contributed by atoms with E-state index in [1.165, 1.54) is 0 Å². The van der Waals surface area contributed by atoms with Crippen molar-refractivity contribution in [1.29, 1.82) is 0 Å². The standard InChI is InChI=1S/C13H18N2O2S2/c1-2-10-7-8-15(9-10)19(16,17)12-5-3-11(4-6-12)13(14)18/h3-6,10H,2,7-9H2,1H3,(H2,14,18). The van der Waals surface area contributed by atoms with E-state index in [4.69, 9.17) is 18.0 Å². The first kappa shape index (κ1) is 14.4. The van der Waals surface area contributed by atoms with Crippen molar-refractivity contribution in [3.05, 3.63) is 29.8 Å². The average molecular weight is 298 g/mol. The van der Waals surface area contributed by atoms with Crippen molar-refractivity contribution in [2.45, 2.75) is 24.7 Å². The second-order valence-electron chi connectivity index (χ2n) is 4.81. The largest absolute Gasteiger partial charge is 0.389 e. The molecule has 1 atom stereocenters. The molecule has 1 fully saturated rings. The summed E-state index contributed by atoms with van der Waals surface area (Å²) in [6.07, 6.45) is 1.97. The Labute approximate surface area is 119 Å². The van der Waals surface area contributed by atoms with E-state index in [1.54, 1.807) is 28.6 Å². The van der Waals surface area contributed by atoms with Crippen LogP contribution in [0.25, 0.3) is 0 Å². The van der Waals surface area contributed by atoms with Crippen LogP contribution in [0.1, 0.15) is 25.3 Å². The summed E-state index contributed by atoms with van der Waals surface area (Å²) in [5.41, 5.74) is 6.19. The van der Waals surface area contributed by atoms with E-state index in [-0.39, 0.29) is 4.99 Å². The van der Waals surface area contributed by atoms with Crippen molar-refractivity contribution in [3.63, 3.8) is 0 Å². The summed E-state index contributed by atoms with van der Waals surface area (Å²) in [6, 6.07) is 6.46. The number of hydrogen-bond donors (Lipinski definition) is 1. The van der Waals surface area contributed by atoms with Gasteiger partial charge in [-0.3, -0.25) is 0 Å². The second kappa shape index (κ2) is 5.56. The maximum Gasteiger partial charge on any atom is 0.243 e. The highest BCUT2D eigenvalue weighted by molar-refractivity contribution is 7.89. The first-order chi connectivity index (χ1) is 8.95. The first-order valence-electron chi connectivity index (χ1n) is 6.35. The Morgan fingerprint density at radius 1 is 1.42 bits per heavy atom. The molecule has 1 aliphatic rings. The molecule has 0 aromatic heterocycles. The Balaban J connectivity index is 2.22. The number of benzene rings is 1. The van der Waals surface area contributed by atoms with Gasteiger partial charge in [0.25, 0.3) is 0 Å². The van der Waals surface area contributed by atoms with Gasteiger partial charge in [0.1, 0.15) is 4.99 Å². The summed E-state index contributed by atoms with van der Waals surface area (Å²) in [5, 5.41) is 0. The van der Waals surface area contributed by atoms with E-state index >= 15 is 0 Å². The molecule has 0 aliphatic carbocycles. The summed E-state index contributed by atoms with van der Waals surface area (Å²) in [6.45, 7) is 3.32. The molecule has 0 amide bonds. The van der Waals surface area contributed by atoms with Gasteiger partial charge in [0.05, 0.1) is 4.90 Å². The van der Waals surface area contributed by atoms with Gasteiger partial charge in [0, 0.05) is 18.7 Å². The van der Waals surface area contributed by atoms with E-state index < -0.39 is 10.0 Å². The van der Waals surface area contributed by atoms with Gasteiger partial charge in [0.15, 0.2) is 0 Å². The van der Waals surface area contributed by atoms with E-state index in [0.717, 1.165) is 12.8 Å². The van der Waals surface area contributed by atoms with Crippen LogP contribution in [-0.4, -0.2) is 30.8 Å². The highest BCUT2D eigenvalue weighted by Gasteiger charge is 2.31. The molecule has 0 radical (unpaired) electrons. The van der Waals surface area contributed by atoms with Gasteiger partial charge >= 0.3 is 0 Å². The molecule has 0 bridgehead atoms. The van der Waals surface area contributed by atoms with Gasteiger partial charge in [-0.15, -0.1) is 0 Å². The maximum atomic E-state index is 12.4. The van der Waals surface area contributed by atoms with Gasteiger partial charge in [-0.25, -0.2) is 8.42 Å². The lowest BCUT2D eigenvalue weighted by atomic mass is 10.1. The van der Waals surface area contributed by atoms with E-state index in [9.17, 15) is 8.42 Å². The van der Waals surface area contributed by atoms with Crippen molar-refractivity contribution in [1.82, 2.24) is 4.31 Å². The quantitative estimate of drug-likeness (QED) is 0.860. The third-order valence-corrected chi connectivity index (χ3v) is 5.72. The van der Waals surface area contributed by atoms with Crippen LogP contribution in [0.5, 0.6) is 0 Å². The smallest absolute Gasteiger partial charge is 0.243 e. The van der Waals surface area contributed by atoms with Crippen LogP contribution in [0, 0.1) is 5.92 Å². The molecule has 1 heterocycles. The Kier molecular flexibility index (Phi) is 4.23. The molecular formula is C13H18N2O2S2. The molecule has 1 saturated heterocycles. The van der Waals surface area contributed by atoms with Crippen LogP contribution in [0.15, 0.2) is 29.2 Å². The van der Waals surface area contributed by atoms with Gasteiger partial charge in [-0.05, 0) is 24.5 Å². The van der Waals surface area contributed by atoms with Crippen LogP contribution >= 0.6 is 12.2 Å². The minimum Gasteiger partial charge on any atom is -0.389 e. The molecule has 1 unspecified atom stereocenters. The maximum absolute atomic E-state index is 12.4. The molecule has 19 heavy (non-hydrogen) atoms. The van der Waals surface area contributed by atoms with Crippen molar-refractivity contribution >= 4 is 27.2 Å². The molecule has 1 aromatic rings. The Morgan fingerprint density at radius 2 is 2.05 bits per heavy atom. The molecule has 2 N–H and O–H groups in total. The lowest BCUT2D eigenvalue weighted by Crippen LogP contribution is -2.28. The summed E-state index contributed by atoms with van der Waals surface area (Å²) in [4.78, 5) is 0.584. The van der Waals surface area contributed by atoms with E-state index in [2.05, 4.69) is 6.92 Å². The number of nitrogens with zero attached hydrogens (tertiary/aromatic N) is 1. The molecule has 4 nitrogen and oxygen atoms in total. The fourth-order valence-electron chi connectivity index (χ4n) is 2.29. The number of rotatable bonds is 4. The summed E-state index contributed by atoms with van der Waals surface area (Å²) < 4.78 is 26.4. The highest BCUT2D eigenvalue weighted by atomic mass is 32.2. The normalized spacial score (nSPS) is 20.6. The molecule has 104 valence electrons. The summed E-state index contributed by atoms with van der Waals surface area (Å²) in [5.74, 6) is 0.477. The Morgan fingerprint density at radius 3 is 2.53 bits per heavy atom. The van der Waals surface area contributed by atoms with E-state index in [1.807, 2.05) is 0 Å². The van der Waals surface area contributed by atoms with Crippen molar-refractivity contribution in [2.24, 2.45) is 11.7 Å². The lowest BCUT2D eigenvalue weighted by molar-refractivity contribution is 0.453. The fraction of sp³-hybridized carbons (Fsp3) is 0.462. The highest BCUT2D eigenvalue weighted by Crippen LogP contribution is 2.26. The lowest BCUT2D eigenvalue weighted by Gasteiger charge is -2.16. The van der Waals surface area contributed by atoms with E-state index in [0.29, 0.717) is 29.5 Å². The van der Waals surface area contributed by atoms with Crippen molar-refractivity contribution in [2.75, 3.05) is 13.1 Å².